The summed E-state index contributed by atoms with van der Waals surface area (Å²) in [5, 5.41) is 4.06. The SMILES string of the molecule is CC(C)(C)NCC1CCCC1Cc1ccc(Cl)cc1F. The van der Waals surface area contributed by atoms with Gasteiger partial charge in [-0.2, -0.15) is 0 Å². The highest BCUT2D eigenvalue weighted by Crippen LogP contribution is 2.34. The minimum atomic E-state index is -0.160. The van der Waals surface area contributed by atoms with Crippen LogP contribution in [0.5, 0.6) is 0 Å². The van der Waals surface area contributed by atoms with Gasteiger partial charge in [-0.15, -0.1) is 0 Å². The third-order valence-electron chi connectivity index (χ3n) is 4.21. The maximum atomic E-state index is 13.9. The number of halogens is 2. The normalized spacial score (nSPS) is 23.2. The summed E-state index contributed by atoms with van der Waals surface area (Å²) in [5.74, 6) is 1.08. The molecule has 1 aliphatic carbocycles. The lowest BCUT2D eigenvalue weighted by molar-refractivity contribution is 0.315. The predicted molar refractivity (Wildman–Crippen MR) is 83.7 cm³/mol. The van der Waals surface area contributed by atoms with Crippen molar-refractivity contribution >= 4 is 11.6 Å². The van der Waals surface area contributed by atoms with Gasteiger partial charge in [-0.25, -0.2) is 4.39 Å². The minimum absolute atomic E-state index is 0.151. The topological polar surface area (TPSA) is 12.0 Å². The summed E-state index contributed by atoms with van der Waals surface area (Å²) in [7, 11) is 0. The highest BCUT2D eigenvalue weighted by atomic mass is 35.5. The molecule has 0 bridgehead atoms. The molecule has 0 aromatic heterocycles. The second-order valence-corrected chi connectivity index (χ2v) is 7.46. The first-order valence-electron chi connectivity index (χ1n) is 7.54. The summed E-state index contributed by atoms with van der Waals surface area (Å²) >= 11 is 5.81. The first-order valence-corrected chi connectivity index (χ1v) is 7.92. The molecule has 1 nitrogen and oxygen atoms in total. The first kappa shape index (κ1) is 15.8. The quantitative estimate of drug-likeness (QED) is 0.839. The Kier molecular flexibility index (Phi) is 5.09. The first-order chi connectivity index (χ1) is 9.35. The zero-order valence-electron chi connectivity index (χ0n) is 12.7. The maximum absolute atomic E-state index is 13.9. The number of hydrogen-bond acceptors (Lipinski definition) is 1. The van der Waals surface area contributed by atoms with Crippen LogP contribution in [0, 0.1) is 17.7 Å². The molecule has 112 valence electrons. The Morgan fingerprint density at radius 3 is 2.60 bits per heavy atom. The predicted octanol–water partition coefficient (Wildman–Crippen LogP) is 4.83. The van der Waals surface area contributed by atoms with Gasteiger partial charge in [0.05, 0.1) is 0 Å². The highest BCUT2D eigenvalue weighted by Gasteiger charge is 2.28. The van der Waals surface area contributed by atoms with Crippen LogP contribution in [0.25, 0.3) is 0 Å². The van der Waals surface area contributed by atoms with E-state index < -0.39 is 0 Å². The van der Waals surface area contributed by atoms with Crippen LogP contribution in [0.15, 0.2) is 18.2 Å². The lowest BCUT2D eigenvalue weighted by atomic mass is 9.89. The molecule has 0 amide bonds. The van der Waals surface area contributed by atoms with Gasteiger partial charge in [-0.1, -0.05) is 24.1 Å². The Morgan fingerprint density at radius 2 is 1.95 bits per heavy atom. The van der Waals surface area contributed by atoms with E-state index in [1.54, 1.807) is 6.07 Å². The Bertz CT molecular complexity index is 453. The molecule has 0 heterocycles. The number of benzene rings is 1. The molecule has 20 heavy (non-hydrogen) atoms. The highest BCUT2D eigenvalue weighted by molar-refractivity contribution is 6.30. The van der Waals surface area contributed by atoms with Crippen LogP contribution in [0.2, 0.25) is 5.02 Å². The van der Waals surface area contributed by atoms with E-state index in [4.69, 9.17) is 11.6 Å². The molecule has 1 fully saturated rings. The summed E-state index contributed by atoms with van der Waals surface area (Å²) < 4.78 is 13.9. The van der Waals surface area contributed by atoms with Crippen molar-refractivity contribution in [1.82, 2.24) is 5.32 Å². The molecule has 1 N–H and O–H groups in total. The maximum Gasteiger partial charge on any atom is 0.127 e. The summed E-state index contributed by atoms with van der Waals surface area (Å²) in [4.78, 5) is 0. The molecule has 3 heteroatoms. The molecule has 2 atom stereocenters. The molecule has 1 aromatic carbocycles. The van der Waals surface area contributed by atoms with E-state index in [2.05, 4.69) is 26.1 Å². The van der Waals surface area contributed by atoms with E-state index >= 15 is 0 Å². The van der Waals surface area contributed by atoms with Crippen LogP contribution >= 0.6 is 11.6 Å². The molecular formula is C17H25ClFN. The van der Waals surface area contributed by atoms with E-state index in [1.807, 2.05) is 6.07 Å². The largest absolute Gasteiger partial charge is 0.312 e. The standard InChI is InChI=1S/C17H25ClFN/c1-17(2,3)20-11-14-6-4-5-12(14)9-13-7-8-15(18)10-16(13)19/h7-8,10,12,14,20H,4-6,9,11H2,1-3H3. The van der Waals surface area contributed by atoms with Crippen LogP contribution < -0.4 is 5.32 Å². The van der Waals surface area contributed by atoms with Gasteiger partial charge in [0.25, 0.3) is 0 Å². The van der Waals surface area contributed by atoms with Crippen molar-refractivity contribution in [3.8, 4) is 0 Å². The second-order valence-electron chi connectivity index (χ2n) is 7.02. The van der Waals surface area contributed by atoms with Crippen molar-refractivity contribution in [2.75, 3.05) is 6.54 Å². The van der Waals surface area contributed by atoms with Gasteiger partial charge in [0, 0.05) is 10.6 Å². The molecular weight excluding hydrogens is 273 g/mol. The Morgan fingerprint density at radius 1 is 1.25 bits per heavy atom. The number of rotatable bonds is 4. The van der Waals surface area contributed by atoms with E-state index in [9.17, 15) is 4.39 Å². The molecule has 1 aromatic rings. The monoisotopic (exact) mass is 297 g/mol. The van der Waals surface area contributed by atoms with Gasteiger partial charge >= 0.3 is 0 Å². The lowest BCUT2D eigenvalue weighted by Gasteiger charge is -2.26. The van der Waals surface area contributed by atoms with Gasteiger partial charge in [0.15, 0.2) is 0 Å². The minimum Gasteiger partial charge on any atom is -0.312 e. The second kappa shape index (κ2) is 6.44. The Hall–Kier alpha value is -0.600. The molecule has 2 rings (SSSR count). The zero-order valence-corrected chi connectivity index (χ0v) is 13.4. The van der Waals surface area contributed by atoms with Crippen molar-refractivity contribution in [1.29, 1.82) is 0 Å². The summed E-state index contributed by atoms with van der Waals surface area (Å²) in [6, 6.07) is 5.05. The van der Waals surface area contributed by atoms with Gasteiger partial charge in [-0.3, -0.25) is 0 Å². The fraction of sp³-hybridized carbons (Fsp3) is 0.647. The van der Waals surface area contributed by atoms with Crippen molar-refractivity contribution in [3.05, 3.63) is 34.6 Å². The fourth-order valence-corrected chi connectivity index (χ4v) is 3.22. The molecule has 1 aliphatic rings. The molecule has 0 radical (unpaired) electrons. The van der Waals surface area contributed by atoms with Gasteiger partial charge in [0.2, 0.25) is 0 Å². The summed E-state index contributed by atoms with van der Waals surface area (Å²) in [6.45, 7) is 7.60. The van der Waals surface area contributed by atoms with E-state index in [-0.39, 0.29) is 11.4 Å². The Balaban J connectivity index is 1.97. The number of nitrogens with one attached hydrogen (secondary N) is 1. The molecule has 1 saturated carbocycles. The zero-order chi connectivity index (χ0) is 14.8. The lowest BCUT2D eigenvalue weighted by Crippen LogP contribution is -2.40. The van der Waals surface area contributed by atoms with Crippen molar-refractivity contribution < 1.29 is 4.39 Å². The van der Waals surface area contributed by atoms with E-state index in [1.165, 1.54) is 25.3 Å². The van der Waals surface area contributed by atoms with Crippen LogP contribution in [0.4, 0.5) is 4.39 Å². The van der Waals surface area contributed by atoms with Crippen molar-refractivity contribution in [2.24, 2.45) is 11.8 Å². The van der Waals surface area contributed by atoms with Crippen LogP contribution in [0.1, 0.15) is 45.6 Å². The van der Waals surface area contributed by atoms with Gasteiger partial charge in [-0.05, 0) is 76.1 Å². The molecule has 0 spiro atoms. The van der Waals surface area contributed by atoms with Crippen molar-refractivity contribution in [3.63, 3.8) is 0 Å². The van der Waals surface area contributed by atoms with Gasteiger partial charge in [0.1, 0.15) is 5.82 Å². The van der Waals surface area contributed by atoms with E-state index in [0.29, 0.717) is 16.9 Å². The average Bonchev–Trinajstić information content (AvgIpc) is 2.77. The molecule has 2 unspecified atom stereocenters. The van der Waals surface area contributed by atoms with Gasteiger partial charge < -0.3 is 5.32 Å². The van der Waals surface area contributed by atoms with Crippen molar-refractivity contribution in [2.45, 2.75) is 52.0 Å². The third kappa shape index (κ3) is 4.46. The van der Waals surface area contributed by atoms with Crippen LogP contribution in [-0.4, -0.2) is 12.1 Å². The van der Waals surface area contributed by atoms with E-state index in [0.717, 1.165) is 18.5 Å². The Labute approximate surface area is 126 Å². The fourth-order valence-electron chi connectivity index (χ4n) is 3.06. The van der Waals surface area contributed by atoms with Crippen LogP contribution in [-0.2, 0) is 6.42 Å². The van der Waals surface area contributed by atoms with Crippen LogP contribution in [0.3, 0.4) is 0 Å². The number of hydrogen-bond donors (Lipinski definition) is 1. The average molecular weight is 298 g/mol. The smallest absolute Gasteiger partial charge is 0.127 e. The summed E-state index contributed by atoms with van der Waals surface area (Å²) in [5.41, 5.74) is 0.959. The third-order valence-corrected chi connectivity index (χ3v) is 4.44. The molecule has 0 saturated heterocycles. The molecule has 0 aliphatic heterocycles. The summed E-state index contributed by atoms with van der Waals surface area (Å²) in [6.07, 6.45) is 4.55.